The van der Waals surface area contributed by atoms with Gasteiger partial charge in [0.15, 0.2) is 0 Å². The molecule has 1 fully saturated rings. The molecule has 19 heavy (non-hydrogen) atoms. The Labute approximate surface area is 110 Å². The molecule has 0 radical (unpaired) electrons. The Morgan fingerprint density at radius 3 is 2.68 bits per heavy atom. The topological polar surface area (TPSA) is 46.9 Å². The van der Waals surface area contributed by atoms with Gasteiger partial charge in [-0.2, -0.15) is 5.10 Å². The Kier molecular flexibility index (Phi) is 2.62. The van der Waals surface area contributed by atoms with Crippen LogP contribution >= 0.6 is 0 Å². The van der Waals surface area contributed by atoms with E-state index in [0.29, 0.717) is 11.3 Å². The zero-order chi connectivity index (χ0) is 13.5. The van der Waals surface area contributed by atoms with Gasteiger partial charge in [-0.05, 0) is 25.0 Å². The molecule has 1 N–H and O–H groups in total. The molecule has 0 atom stereocenters. The normalized spacial score (nSPS) is 16.1. The third-order valence-electron chi connectivity index (χ3n) is 3.55. The van der Waals surface area contributed by atoms with Crippen LogP contribution in [0.15, 0.2) is 36.5 Å². The Balaban J connectivity index is 1.86. The lowest BCUT2D eigenvalue weighted by atomic mass is 10.0. The highest BCUT2D eigenvalue weighted by Crippen LogP contribution is 2.46. The van der Waals surface area contributed by atoms with Crippen molar-refractivity contribution >= 4 is 5.91 Å². The van der Waals surface area contributed by atoms with Crippen LogP contribution < -0.4 is 5.32 Å². The number of halogens is 1. The number of aromatic nitrogens is 2. The van der Waals surface area contributed by atoms with Crippen molar-refractivity contribution in [2.45, 2.75) is 18.4 Å². The van der Waals surface area contributed by atoms with Gasteiger partial charge in [0, 0.05) is 18.8 Å². The number of benzene rings is 1. The molecule has 98 valence electrons. The molecule has 0 spiro atoms. The first-order valence-electron chi connectivity index (χ1n) is 6.18. The molecule has 1 aromatic carbocycles. The molecule has 2 aromatic rings. The standard InChI is InChI=1S/C14H14FN3O/c1-18-12(6-9-16-18)13(19)17-14(7-8-14)10-4-2-3-5-11(10)15/h2-6,9H,7-8H2,1H3,(H,17,19). The number of nitrogens with one attached hydrogen (secondary N) is 1. The SMILES string of the molecule is Cn1nccc1C(=O)NC1(c2ccccc2F)CC1. The van der Waals surface area contributed by atoms with Crippen LogP contribution in [0.2, 0.25) is 0 Å². The molecule has 1 heterocycles. The summed E-state index contributed by atoms with van der Waals surface area (Å²) in [5.41, 5.74) is 0.486. The molecule has 0 bridgehead atoms. The van der Waals surface area contributed by atoms with Crippen LogP contribution in [0, 0.1) is 5.82 Å². The van der Waals surface area contributed by atoms with Crippen LogP contribution in [0.25, 0.3) is 0 Å². The van der Waals surface area contributed by atoms with Gasteiger partial charge in [-0.3, -0.25) is 9.48 Å². The lowest BCUT2D eigenvalue weighted by Crippen LogP contribution is -2.36. The van der Waals surface area contributed by atoms with E-state index in [1.165, 1.54) is 10.7 Å². The smallest absolute Gasteiger partial charge is 0.270 e. The third-order valence-corrected chi connectivity index (χ3v) is 3.55. The van der Waals surface area contributed by atoms with Crippen molar-refractivity contribution in [3.05, 3.63) is 53.6 Å². The number of carbonyl (C=O) groups excluding carboxylic acids is 1. The first kappa shape index (κ1) is 11.9. The van der Waals surface area contributed by atoms with E-state index in [-0.39, 0.29) is 11.7 Å². The summed E-state index contributed by atoms with van der Waals surface area (Å²) in [7, 11) is 1.71. The highest BCUT2D eigenvalue weighted by Gasteiger charge is 2.47. The first-order valence-corrected chi connectivity index (χ1v) is 6.18. The average molecular weight is 259 g/mol. The monoisotopic (exact) mass is 259 g/mol. The molecule has 5 heteroatoms. The number of hydrogen-bond acceptors (Lipinski definition) is 2. The fourth-order valence-corrected chi connectivity index (χ4v) is 2.31. The van der Waals surface area contributed by atoms with Crippen LogP contribution in [-0.4, -0.2) is 15.7 Å². The van der Waals surface area contributed by atoms with Gasteiger partial charge < -0.3 is 5.32 Å². The summed E-state index contributed by atoms with van der Waals surface area (Å²) in [6.07, 6.45) is 3.09. The summed E-state index contributed by atoms with van der Waals surface area (Å²) >= 11 is 0. The minimum absolute atomic E-state index is 0.222. The predicted octanol–water partition coefficient (Wildman–Crippen LogP) is 1.98. The quantitative estimate of drug-likeness (QED) is 0.916. The predicted molar refractivity (Wildman–Crippen MR) is 68.0 cm³/mol. The first-order chi connectivity index (χ1) is 9.12. The van der Waals surface area contributed by atoms with E-state index in [4.69, 9.17) is 0 Å². The van der Waals surface area contributed by atoms with Crippen molar-refractivity contribution in [1.29, 1.82) is 0 Å². The Hall–Kier alpha value is -2.17. The second-order valence-electron chi connectivity index (χ2n) is 4.86. The van der Waals surface area contributed by atoms with Gasteiger partial charge in [-0.25, -0.2) is 4.39 Å². The van der Waals surface area contributed by atoms with Crippen LogP contribution in [0.4, 0.5) is 4.39 Å². The van der Waals surface area contributed by atoms with E-state index in [9.17, 15) is 9.18 Å². The lowest BCUT2D eigenvalue weighted by Gasteiger charge is -2.18. The van der Waals surface area contributed by atoms with Crippen molar-refractivity contribution in [3.63, 3.8) is 0 Å². The molecule has 1 amide bonds. The zero-order valence-corrected chi connectivity index (χ0v) is 10.6. The third kappa shape index (κ3) is 2.01. The molecular formula is C14H14FN3O. The fourth-order valence-electron chi connectivity index (χ4n) is 2.31. The summed E-state index contributed by atoms with van der Waals surface area (Å²) in [6, 6.07) is 8.23. The molecule has 1 aliphatic carbocycles. The Bertz CT molecular complexity index is 631. The van der Waals surface area contributed by atoms with Crippen molar-refractivity contribution in [2.75, 3.05) is 0 Å². The molecule has 3 rings (SSSR count). The molecule has 0 saturated heterocycles. The molecule has 1 aromatic heterocycles. The summed E-state index contributed by atoms with van der Waals surface area (Å²) in [4.78, 5) is 12.2. The van der Waals surface area contributed by atoms with Crippen LogP contribution in [0.3, 0.4) is 0 Å². The van der Waals surface area contributed by atoms with Crippen molar-refractivity contribution in [3.8, 4) is 0 Å². The second-order valence-corrected chi connectivity index (χ2v) is 4.86. The van der Waals surface area contributed by atoms with Gasteiger partial charge in [0.2, 0.25) is 0 Å². The molecule has 0 unspecified atom stereocenters. The van der Waals surface area contributed by atoms with E-state index in [0.717, 1.165) is 12.8 Å². The average Bonchev–Trinajstić information content (AvgIpc) is 3.02. The van der Waals surface area contributed by atoms with E-state index in [2.05, 4.69) is 10.4 Å². The number of rotatable bonds is 3. The van der Waals surface area contributed by atoms with Gasteiger partial charge >= 0.3 is 0 Å². The maximum atomic E-state index is 13.8. The van der Waals surface area contributed by atoms with E-state index < -0.39 is 5.54 Å². The summed E-state index contributed by atoms with van der Waals surface area (Å²) < 4.78 is 15.3. The van der Waals surface area contributed by atoms with Crippen LogP contribution in [0.1, 0.15) is 28.9 Å². The minimum atomic E-state index is -0.549. The van der Waals surface area contributed by atoms with Crippen LogP contribution in [-0.2, 0) is 12.6 Å². The number of nitrogens with zero attached hydrogens (tertiary/aromatic N) is 2. The Morgan fingerprint density at radius 1 is 1.37 bits per heavy atom. The van der Waals surface area contributed by atoms with Gasteiger partial charge in [0.25, 0.3) is 5.91 Å². The number of hydrogen-bond donors (Lipinski definition) is 1. The minimum Gasteiger partial charge on any atom is -0.341 e. The number of aryl methyl sites for hydroxylation is 1. The maximum absolute atomic E-state index is 13.8. The van der Waals surface area contributed by atoms with Crippen molar-refractivity contribution in [2.24, 2.45) is 7.05 Å². The van der Waals surface area contributed by atoms with Gasteiger partial charge in [0.05, 0.1) is 5.54 Å². The Morgan fingerprint density at radius 2 is 2.11 bits per heavy atom. The fraction of sp³-hybridized carbons (Fsp3) is 0.286. The molecule has 4 nitrogen and oxygen atoms in total. The summed E-state index contributed by atoms with van der Waals surface area (Å²) in [5, 5.41) is 6.89. The van der Waals surface area contributed by atoms with Gasteiger partial charge in [-0.15, -0.1) is 0 Å². The van der Waals surface area contributed by atoms with E-state index >= 15 is 0 Å². The highest BCUT2D eigenvalue weighted by atomic mass is 19.1. The van der Waals surface area contributed by atoms with E-state index in [1.54, 1.807) is 37.5 Å². The molecule has 0 aliphatic heterocycles. The van der Waals surface area contributed by atoms with Gasteiger partial charge in [0.1, 0.15) is 11.5 Å². The summed E-state index contributed by atoms with van der Waals surface area (Å²) in [6.45, 7) is 0. The lowest BCUT2D eigenvalue weighted by molar-refractivity contribution is 0.0920. The summed E-state index contributed by atoms with van der Waals surface area (Å²) in [5.74, 6) is -0.494. The largest absolute Gasteiger partial charge is 0.341 e. The zero-order valence-electron chi connectivity index (χ0n) is 10.6. The van der Waals surface area contributed by atoms with Crippen molar-refractivity contribution < 1.29 is 9.18 Å². The molecular weight excluding hydrogens is 245 g/mol. The number of carbonyl (C=O) groups is 1. The number of amides is 1. The van der Waals surface area contributed by atoms with Crippen LogP contribution in [0.5, 0.6) is 0 Å². The van der Waals surface area contributed by atoms with Gasteiger partial charge in [-0.1, -0.05) is 18.2 Å². The molecule has 1 saturated carbocycles. The maximum Gasteiger partial charge on any atom is 0.270 e. The second kappa shape index (κ2) is 4.19. The van der Waals surface area contributed by atoms with E-state index in [1.807, 2.05) is 0 Å². The van der Waals surface area contributed by atoms with Crippen molar-refractivity contribution in [1.82, 2.24) is 15.1 Å². The highest BCUT2D eigenvalue weighted by molar-refractivity contribution is 5.93. The molecule has 1 aliphatic rings.